The summed E-state index contributed by atoms with van der Waals surface area (Å²) in [6.07, 6.45) is 1.68. The molecule has 25 heavy (non-hydrogen) atoms. The quantitative estimate of drug-likeness (QED) is 0.616. The first-order valence-corrected chi connectivity index (χ1v) is 8.22. The van der Waals surface area contributed by atoms with Crippen molar-refractivity contribution in [3.8, 4) is 0 Å². The van der Waals surface area contributed by atoms with Crippen LogP contribution in [0.3, 0.4) is 0 Å². The van der Waals surface area contributed by atoms with Gasteiger partial charge in [-0.25, -0.2) is 4.79 Å². The summed E-state index contributed by atoms with van der Waals surface area (Å²) in [5, 5.41) is 6.62. The Morgan fingerprint density at radius 3 is 2.56 bits per heavy atom. The molecule has 0 aliphatic heterocycles. The Bertz CT molecular complexity index is 896. The lowest BCUT2D eigenvalue weighted by molar-refractivity contribution is 0.262. The first-order valence-electron chi connectivity index (χ1n) is 7.43. The van der Waals surface area contributed by atoms with Crippen molar-refractivity contribution < 1.29 is 4.79 Å². The van der Waals surface area contributed by atoms with Gasteiger partial charge in [0.15, 0.2) is 0 Å². The summed E-state index contributed by atoms with van der Waals surface area (Å²) in [5.74, 6) is 0. The average molecular weight is 422 g/mol. The van der Waals surface area contributed by atoms with Crippen molar-refractivity contribution in [1.29, 1.82) is 0 Å². The summed E-state index contributed by atoms with van der Waals surface area (Å²) in [7, 11) is 3.93. The minimum Gasteiger partial charge on any atom is -0.377 e. The number of amides is 2. The van der Waals surface area contributed by atoms with Crippen LogP contribution in [-0.4, -0.2) is 25.1 Å². The standard InChI is InChI=1S/C18H17BrN4O.ClH/c1-23(2)17-8-7-12(11-14(17)19)21-18(24)22-16-9-10-20-15-6-4-3-5-13(15)16;/h3-11H,1-2H3,(H2,20,21,22,24);1H. The number of pyridine rings is 1. The first-order chi connectivity index (χ1) is 11.5. The third kappa shape index (κ3) is 4.41. The normalized spacial score (nSPS) is 10.0. The molecule has 3 aromatic rings. The number of carbonyl (C=O) groups excluding carboxylic acids is 1. The van der Waals surface area contributed by atoms with E-state index in [4.69, 9.17) is 0 Å². The number of fused-ring (bicyclic) bond motifs is 1. The zero-order valence-corrected chi connectivity index (χ0v) is 16.2. The summed E-state index contributed by atoms with van der Waals surface area (Å²) >= 11 is 3.52. The number of anilines is 3. The van der Waals surface area contributed by atoms with E-state index in [0.29, 0.717) is 5.69 Å². The number of nitrogens with one attached hydrogen (secondary N) is 2. The molecular formula is C18H18BrClN4O. The highest BCUT2D eigenvalue weighted by Crippen LogP contribution is 2.28. The van der Waals surface area contributed by atoms with E-state index in [-0.39, 0.29) is 18.4 Å². The number of hydrogen-bond acceptors (Lipinski definition) is 3. The van der Waals surface area contributed by atoms with Gasteiger partial charge in [-0.15, -0.1) is 12.4 Å². The second-order valence-electron chi connectivity index (χ2n) is 5.52. The smallest absolute Gasteiger partial charge is 0.323 e. The minimum atomic E-state index is -0.296. The topological polar surface area (TPSA) is 57.3 Å². The van der Waals surface area contributed by atoms with Gasteiger partial charge in [0, 0.05) is 35.8 Å². The van der Waals surface area contributed by atoms with Crippen molar-refractivity contribution in [2.45, 2.75) is 0 Å². The highest BCUT2D eigenvalue weighted by atomic mass is 79.9. The van der Waals surface area contributed by atoms with Crippen LogP contribution >= 0.6 is 28.3 Å². The molecule has 2 amide bonds. The molecule has 130 valence electrons. The van der Waals surface area contributed by atoms with Gasteiger partial charge in [0.1, 0.15) is 0 Å². The van der Waals surface area contributed by atoms with E-state index in [2.05, 4.69) is 31.5 Å². The molecule has 3 rings (SSSR count). The first kappa shape index (κ1) is 19.0. The number of nitrogens with zero attached hydrogens (tertiary/aromatic N) is 2. The van der Waals surface area contributed by atoms with Crippen molar-refractivity contribution in [1.82, 2.24) is 4.98 Å². The molecule has 2 aromatic carbocycles. The van der Waals surface area contributed by atoms with E-state index in [9.17, 15) is 4.79 Å². The molecule has 1 aromatic heterocycles. The predicted octanol–water partition coefficient (Wildman–Crippen LogP) is 5.13. The third-order valence-electron chi connectivity index (χ3n) is 3.58. The Morgan fingerprint density at radius 2 is 1.84 bits per heavy atom. The lowest BCUT2D eigenvalue weighted by atomic mass is 10.2. The number of halogens is 2. The molecule has 0 spiro atoms. The van der Waals surface area contributed by atoms with E-state index >= 15 is 0 Å². The van der Waals surface area contributed by atoms with Gasteiger partial charge in [-0.2, -0.15) is 0 Å². The molecule has 0 fully saturated rings. The van der Waals surface area contributed by atoms with Gasteiger partial charge < -0.3 is 15.5 Å². The molecule has 5 nitrogen and oxygen atoms in total. The lowest BCUT2D eigenvalue weighted by Gasteiger charge is -2.16. The van der Waals surface area contributed by atoms with Crippen LogP contribution in [0, 0.1) is 0 Å². The molecule has 0 radical (unpaired) electrons. The van der Waals surface area contributed by atoms with Gasteiger partial charge in [-0.1, -0.05) is 18.2 Å². The Balaban J connectivity index is 0.00000225. The monoisotopic (exact) mass is 420 g/mol. The molecule has 0 bridgehead atoms. The summed E-state index contributed by atoms with van der Waals surface area (Å²) in [4.78, 5) is 18.6. The van der Waals surface area contributed by atoms with E-state index < -0.39 is 0 Å². The van der Waals surface area contributed by atoms with Crippen molar-refractivity contribution >= 4 is 62.3 Å². The maximum absolute atomic E-state index is 12.3. The number of aromatic nitrogens is 1. The van der Waals surface area contributed by atoms with Gasteiger partial charge >= 0.3 is 6.03 Å². The number of para-hydroxylation sites is 1. The number of benzene rings is 2. The molecule has 0 aliphatic rings. The lowest BCUT2D eigenvalue weighted by Crippen LogP contribution is -2.19. The molecule has 0 unspecified atom stereocenters. The third-order valence-corrected chi connectivity index (χ3v) is 4.22. The van der Waals surface area contributed by atoms with Crippen LogP contribution in [0.5, 0.6) is 0 Å². The van der Waals surface area contributed by atoms with Crippen molar-refractivity contribution in [2.24, 2.45) is 0 Å². The van der Waals surface area contributed by atoms with E-state index in [0.717, 1.165) is 26.8 Å². The number of carbonyl (C=O) groups is 1. The molecule has 0 aliphatic carbocycles. The van der Waals surface area contributed by atoms with Crippen molar-refractivity contribution in [3.05, 3.63) is 59.2 Å². The van der Waals surface area contributed by atoms with E-state index in [1.807, 2.05) is 61.5 Å². The fraction of sp³-hybridized carbons (Fsp3) is 0.111. The average Bonchev–Trinajstić information content (AvgIpc) is 2.55. The zero-order chi connectivity index (χ0) is 17.1. The Morgan fingerprint density at radius 1 is 1.08 bits per heavy atom. The second-order valence-corrected chi connectivity index (χ2v) is 6.37. The second kappa shape index (κ2) is 8.18. The summed E-state index contributed by atoms with van der Waals surface area (Å²) in [6.45, 7) is 0. The van der Waals surface area contributed by atoms with Crippen molar-refractivity contribution in [3.63, 3.8) is 0 Å². The summed E-state index contributed by atoms with van der Waals surface area (Å²) in [5.41, 5.74) is 3.32. The van der Waals surface area contributed by atoms with Crippen LogP contribution in [0.4, 0.5) is 21.9 Å². The van der Waals surface area contributed by atoms with E-state index in [1.165, 1.54) is 0 Å². The zero-order valence-electron chi connectivity index (χ0n) is 13.8. The number of rotatable bonds is 3. The summed E-state index contributed by atoms with van der Waals surface area (Å²) < 4.78 is 0.916. The molecular weight excluding hydrogens is 404 g/mol. The molecule has 0 atom stereocenters. The van der Waals surface area contributed by atoms with Gasteiger partial charge in [-0.3, -0.25) is 4.98 Å². The van der Waals surface area contributed by atoms with Crippen LogP contribution in [0.15, 0.2) is 59.2 Å². The predicted molar refractivity (Wildman–Crippen MR) is 110 cm³/mol. The Kier molecular flexibility index (Phi) is 6.22. The van der Waals surface area contributed by atoms with Crippen LogP contribution in [0.1, 0.15) is 0 Å². The molecule has 1 heterocycles. The van der Waals surface area contributed by atoms with Gasteiger partial charge in [0.25, 0.3) is 0 Å². The fourth-order valence-electron chi connectivity index (χ4n) is 2.44. The highest BCUT2D eigenvalue weighted by Gasteiger charge is 2.08. The molecule has 7 heteroatoms. The minimum absolute atomic E-state index is 0. The van der Waals surface area contributed by atoms with Crippen LogP contribution in [-0.2, 0) is 0 Å². The maximum atomic E-state index is 12.3. The number of urea groups is 1. The van der Waals surface area contributed by atoms with Gasteiger partial charge in [-0.05, 0) is 46.3 Å². The maximum Gasteiger partial charge on any atom is 0.323 e. The van der Waals surface area contributed by atoms with Gasteiger partial charge in [0.2, 0.25) is 0 Å². The van der Waals surface area contributed by atoms with Crippen LogP contribution in [0.2, 0.25) is 0 Å². The Hall–Kier alpha value is -2.31. The number of hydrogen-bond donors (Lipinski definition) is 2. The molecule has 0 saturated carbocycles. The summed E-state index contributed by atoms with van der Waals surface area (Å²) in [6, 6.07) is 14.9. The molecule has 0 saturated heterocycles. The highest BCUT2D eigenvalue weighted by molar-refractivity contribution is 9.10. The van der Waals surface area contributed by atoms with E-state index in [1.54, 1.807) is 12.3 Å². The van der Waals surface area contributed by atoms with Gasteiger partial charge in [0.05, 0.1) is 16.9 Å². The Labute approximate surface area is 161 Å². The largest absolute Gasteiger partial charge is 0.377 e. The fourth-order valence-corrected chi connectivity index (χ4v) is 3.17. The van der Waals surface area contributed by atoms with Crippen LogP contribution < -0.4 is 15.5 Å². The van der Waals surface area contributed by atoms with Crippen LogP contribution in [0.25, 0.3) is 10.9 Å². The molecule has 2 N–H and O–H groups in total. The SMILES string of the molecule is CN(C)c1ccc(NC(=O)Nc2ccnc3ccccc23)cc1Br.Cl. The van der Waals surface area contributed by atoms with Crippen molar-refractivity contribution in [2.75, 3.05) is 29.6 Å².